The van der Waals surface area contributed by atoms with Gasteiger partial charge in [-0.05, 0) is 66.8 Å². The summed E-state index contributed by atoms with van der Waals surface area (Å²) in [6, 6.07) is 17.3. The molecule has 0 aromatic heterocycles. The van der Waals surface area contributed by atoms with Gasteiger partial charge in [-0.3, -0.25) is 4.79 Å². The zero-order chi connectivity index (χ0) is 27.5. The zero-order valence-electron chi connectivity index (χ0n) is 22.9. The summed E-state index contributed by atoms with van der Waals surface area (Å²) in [5.41, 5.74) is 5.28. The highest BCUT2D eigenvalue weighted by molar-refractivity contribution is 6.01. The first kappa shape index (κ1) is 26.3. The second kappa shape index (κ2) is 11.2. The Kier molecular flexibility index (Phi) is 7.54. The van der Waals surface area contributed by atoms with Crippen LogP contribution in [-0.4, -0.2) is 40.8 Å². The van der Waals surface area contributed by atoms with Gasteiger partial charge in [-0.1, -0.05) is 18.2 Å². The lowest BCUT2D eigenvalue weighted by Gasteiger charge is -2.30. The summed E-state index contributed by atoms with van der Waals surface area (Å²) < 4.78 is 28.1. The monoisotopic (exact) mass is 530 g/mol. The highest BCUT2D eigenvalue weighted by Gasteiger charge is 2.37. The molecule has 3 aromatic carbocycles. The molecule has 2 N–H and O–H groups in total. The summed E-state index contributed by atoms with van der Waals surface area (Å²) in [5.74, 6) is 2.98. The normalized spacial score (nSPS) is 18.1. The van der Waals surface area contributed by atoms with Crippen molar-refractivity contribution in [3.05, 3.63) is 77.0 Å². The molecule has 0 radical (unpaired) electrons. The maximum absolute atomic E-state index is 14.0. The van der Waals surface area contributed by atoms with Crippen molar-refractivity contribution >= 4 is 17.2 Å². The van der Waals surface area contributed by atoms with Crippen molar-refractivity contribution in [2.75, 3.05) is 45.7 Å². The summed E-state index contributed by atoms with van der Waals surface area (Å²) in [7, 11) is 6.38. The number of anilines is 2. The van der Waals surface area contributed by atoms with Crippen LogP contribution in [0.4, 0.5) is 11.4 Å². The van der Waals surface area contributed by atoms with Gasteiger partial charge in [0.2, 0.25) is 5.75 Å². The highest BCUT2D eigenvalue weighted by Crippen LogP contribution is 2.47. The molecule has 1 aliphatic carbocycles. The second-order valence-electron chi connectivity index (χ2n) is 9.47. The third kappa shape index (κ3) is 4.94. The van der Waals surface area contributed by atoms with Gasteiger partial charge in [0.05, 0.1) is 52.5 Å². The average Bonchev–Trinajstić information content (AvgIpc) is 3.13. The molecule has 2 atom stereocenters. The fraction of sp³-hybridized carbons (Fsp3) is 0.323. The van der Waals surface area contributed by atoms with Gasteiger partial charge in [-0.25, -0.2) is 0 Å². The SMILES string of the molecule is CCOc1ccc(C2CC(=O)C3=C(C2)Nc2ccccc2NC3c2cc(OC)c(OC)c(OC)c2)cc1OC. The zero-order valence-corrected chi connectivity index (χ0v) is 22.9. The molecule has 204 valence electrons. The van der Waals surface area contributed by atoms with Gasteiger partial charge >= 0.3 is 0 Å². The predicted octanol–water partition coefficient (Wildman–Crippen LogP) is 6.10. The number of para-hydroxylation sites is 2. The number of rotatable bonds is 8. The summed E-state index contributed by atoms with van der Waals surface area (Å²) in [5, 5.41) is 7.19. The second-order valence-corrected chi connectivity index (χ2v) is 9.47. The van der Waals surface area contributed by atoms with Crippen molar-refractivity contribution in [1.29, 1.82) is 0 Å². The number of Topliss-reactive ketones (excluding diaryl/α,β-unsaturated/α-hetero) is 1. The van der Waals surface area contributed by atoms with E-state index in [9.17, 15) is 4.79 Å². The number of allylic oxidation sites excluding steroid dienone is 1. The molecule has 39 heavy (non-hydrogen) atoms. The molecule has 0 bridgehead atoms. The van der Waals surface area contributed by atoms with Crippen molar-refractivity contribution < 1.29 is 28.5 Å². The molecule has 0 amide bonds. The molecule has 3 aromatic rings. The van der Waals surface area contributed by atoms with Crippen LogP contribution in [0.2, 0.25) is 0 Å². The summed E-state index contributed by atoms with van der Waals surface area (Å²) >= 11 is 0. The Morgan fingerprint density at radius 3 is 2.08 bits per heavy atom. The number of methoxy groups -OCH3 is 4. The molecule has 1 heterocycles. The smallest absolute Gasteiger partial charge is 0.203 e. The molecule has 1 aliphatic heterocycles. The van der Waals surface area contributed by atoms with Crippen LogP contribution in [0.25, 0.3) is 0 Å². The molecule has 0 spiro atoms. The molecule has 2 aliphatic rings. The summed E-state index contributed by atoms with van der Waals surface area (Å²) in [6.07, 6.45) is 1.03. The molecule has 8 nitrogen and oxygen atoms in total. The number of ketones is 1. The van der Waals surface area contributed by atoms with E-state index < -0.39 is 6.04 Å². The highest BCUT2D eigenvalue weighted by atomic mass is 16.5. The maximum Gasteiger partial charge on any atom is 0.203 e. The molecule has 2 unspecified atom stereocenters. The number of carbonyl (C=O) groups is 1. The third-order valence-corrected chi connectivity index (χ3v) is 7.29. The molecule has 0 fully saturated rings. The minimum Gasteiger partial charge on any atom is -0.493 e. The van der Waals surface area contributed by atoms with Crippen LogP contribution in [0.5, 0.6) is 28.7 Å². The van der Waals surface area contributed by atoms with E-state index in [4.69, 9.17) is 23.7 Å². The van der Waals surface area contributed by atoms with Gasteiger partial charge < -0.3 is 34.3 Å². The molecule has 8 heteroatoms. The lowest BCUT2D eigenvalue weighted by atomic mass is 9.78. The van der Waals surface area contributed by atoms with Crippen LogP contribution in [0.15, 0.2) is 65.9 Å². The fourth-order valence-electron chi connectivity index (χ4n) is 5.46. The van der Waals surface area contributed by atoms with Gasteiger partial charge in [-0.15, -0.1) is 0 Å². The van der Waals surface area contributed by atoms with E-state index in [1.807, 2.05) is 61.5 Å². The summed E-state index contributed by atoms with van der Waals surface area (Å²) in [6.45, 7) is 2.49. The minimum atomic E-state index is -0.423. The lowest BCUT2D eigenvalue weighted by molar-refractivity contribution is -0.116. The maximum atomic E-state index is 14.0. The van der Waals surface area contributed by atoms with Crippen LogP contribution in [0.1, 0.15) is 42.9 Å². The van der Waals surface area contributed by atoms with E-state index in [-0.39, 0.29) is 11.7 Å². The Morgan fingerprint density at radius 1 is 0.769 bits per heavy atom. The van der Waals surface area contributed by atoms with Crippen LogP contribution in [-0.2, 0) is 4.79 Å². The van der Waals surface area contributed by atoms with Crippen LogP contribution in [0.3, 0.4) is 0 Å². The molecular formula is C31H34N2O6. The molecule has 0 saturated carbocycles. The summed E-state index contributed by atoms with van der Waals surface area (Å²) in [4.78, 5) is 14.0. The van der Waals surface area contributed by atoms with Gasteiger partial charge in [0, 0.05) is 17.7 Å². The van der Waals surface area contributed by atoms with Crippen LogP contribution < -0.4 is 34.3 Å². The molecular weight excluding hydrogens is 496 g/mol. The third-order valence-electron chi connectivity index (χ3n) is 7.29. The quantitative estimate of drug-likeness (QED) is 0.361. The Balaban J connectivity index is 1.60. The van der Waals surface area contributed by atoms with E-state index in [0.29, 0.717) is 53.8 Å². The number of carbonyl (C=O) groups excluding carboxylic acids is 1. The topological polar surface area (TPSA) is 87.3 Å². The first-order chi connectivity index (χ1) is 19.0. The standard InChI is InChI=1S/C31H34N2O6/c1-6-39-25-12-11-18(15-26(25)35-2)19-13-23-29(24(34)14-19)30(33-22-10-8-7-9-21(22)32-23)20-16-27(36-3)31(38-5)28(17-20)37-4/h7-12,15-17,19,30,32-33H,6,13-14H2,1-5H3. The Bertz CT molecular complexity index is 1390. The van der Waals surface area contributed by atoms with E-state index >= 15 is 0 Å². The fourth-order valence-corrected chi connectivity index (χ4v) is 5.46. The van der Waals surface area contributed by atoms with E-state index in [1.54, 1.807) is 28.4 Å². The number of hydrogen-bond acceptors (Lipinski definition) is 8. The number of nitrogens with one attached hydrogen (secondary N) is 2. The van der Waals surface area contributed by atoms with Gasteiger partial charge in [0.25, 0.3) is 0 Å². The van der Waals surface area contributed by atoms with Gasteiger partial charge in [-0.2, -0.15) is 0 Å². The van der Waals surface area contributed by atoms with Crippen molar-refractivity contribution in [3.63, 3.8) is 0 Å². The average molecular weight is 531 g/mol. The first-order valence-electron chi connectivity index (χ1n) is 13.0. The Hall–Kier alpha value is -4.33. The van der Waals surface area contributed by atoms with Crippen molar-refractivity contribution in [2.45, 2.75) is 31.7 Å². The number of fused-ring (bicyclic) bond motifs is 1. The van der Waals surface area contributed by atoms with Gasteiger partial charge in [0.15, 0.2) is 28.8 Å². The lowest BCUT2D eigenvalue weighted by Crippen LogP contribution is -2.27. The van der Waals surface area contributed by atoms with Crippen LogP contribution in [0, 0.1) is 0 Å². The number of hydrogen-bond donors (Lipinski definition) is 2. The predicted molar refractivity (Wildman–Crippen MR) is 151 cm³/mol. The van der Waals surface area contributed by atoms with E-state index in [1.165, 1.54) is 0 Å². The first-order valence-corrected chi connectivity index (χ1v) is 13.0. The number of ether oxygens (including phenoxy) is 5. The van der Waals surface area contributed by atoms with Crippen molar-refractivity contribution in [3.8, 4) is 28.7 Å². The molecule has 0 saturated heterocycles. The largest absolute Gasteiger partial charge is 0.493 e. The van der Waals surface area contributed by atoms with E-state index in [0.717, 1.165) is 28.2 Å². The van der Waals surface area contributed by atoms with Gasteiger partial charge in [0.1, 0.15) is 0 Å². The van der Waals surface area contributed by atoms with Crippen molar-refractivity contribution in [2.24, 2.45) is 0 Å². The van der Waals surface area contributed by atoms with E-state index in [2.05, 4.69) is 10.6 Å². The molecule has 5 rings (SSSR count). The van der Waals surface area contributed by atoms with Crippen LogP contribution >= 0.6 is 0 Å². The number of benzene rings is 3. The van der Waals surface area contributed by atoms with Crippen molar-refractivity contribution in [1.82, 2.24) is 0 Å². The Morgan fingerprint density at radius 2 is 1.44 bits per heavy atom. The minimum absolute atomic E-state index is 0.0146. The Labute approximate surface area is 228 Å².